The summed E-state index contributed by atoms with van der Waals surface area (Å²) in [7, 11) is 0. The molecule has 5 nitrogen and oxygen atoms in total. The Bertz CT molecular complexity index is 562. The Balaban J connectivity index is 1.93. The second-order valence-electron chi connectivity index (χ2n) is 5.22. The number of hydrogen-bond acceptors (Lipinski definition) is 4. The quantitative estimate of drug-likeness (QED) is 0.820. The lowest BCUT2D eigenvalue weighted by Gasteiger charge is -2.34. The Labute approximate surface area is 107 Å². The summed E-state index contributed by atoms with van der Waals surface area (Å²) in [5, 5.41) is 4.57. The molecule has 1 saturated heterocycles. The van der Waals surface area contributed by atoms with Crippen molar-refractivity contribution in [2.24, 2.45) is 11.7 Å². The summed E-state index contributed by atoms with van der Waals surface area (Å²) in [5.74, 6) is 1.38. The largest absolute Gasteiger partial charge is 0.338 e. The molecule has 0 amide bonds. The van der Waals surface area contributed by atoms with Crippen LogP contribution in [0.4, 0.5) is 5.95 Å². The molecule has 2 aromatic rings. The summed E-state index contributed by atoms with van der Waals surface area (Å²) in [6, 6.07) is 6.24. The molecule has 3 heterocycles. The van der Waals surface area contributed by atoms with Gasteiger partial charge in [0.05, 0.1) is 0 Å². The lowest BCUT2D eigenvalue weighted by molar-refractivity contribution is 0.376. The zero-order valence-electron chi connectivity index (χ0n) is 10.9. The summed E-state index contributed by atoms with van der Waals surface area (Å²) in [5.41, 5.74) is 8.12. The second kappa shape index (κ2) is 4.24. The third-order valence-corrected chi connectivity index (χ3v) is 3.84. The van der Waals surface area contributed by atoms with E-state index >= 15 is 0 Å². The summed E-state index contributed by atoms with van der Waals surface area (Å²) < 4.78 is 1.89. The molecular weight excluding hydrogens is 226 g/mol. The molecule has 0 radical (unpaired) electrons. The normalized spacial score (nSPS) is 24.7. The van der Waals surface area contributed by atoms with E-state index in [4.69, 9.17) is 5.73 Å². The molecule has 2 atom stereocenters. The summed E-state index contributed by atoms with van der Waals surface area (Å²) in [4.78, 5) is 6.77. The summed E-state index contributed by atoms with van der Waals surface area (Å²) in [6.45, 7) is 6.08. The van der Waals surface area contributed by atoms with E-state index in [1.165, 1.54) is 0 Å². The first-order chi connectivity index (χ1) is 8.65. The summed E-state index contributed by atoms with van der Waals surface area (Å²) in [6.07, 6.45) is 1.11. The maximum Gasteiger partial charge on any atom is 0.245 e. The van der Waals surface area contributed by atoms with Gasteiger partial charge in [0.15, 0.2) is 5.65 Å². The SMILES string of the molecule is Cc1cccc2nc(N3CCC(C)C(N)C3)nn12. The Morgan fingerprint density at radius 2 is 2.22 bits per heavy atom. The lowest BCUT2D eigenvalue weighted by Crippen LogP contribution is -2.48. The van der Waals surface area contributed by atoms with Crippen molar-refractivity contribution >= 4 is 11.6 Å². The lowest BCUT2D eigenvalue weighted by atomic mass is 9.95. The van der Waals surface area contributed by atoms with E-state index in [-0.39, 0.29) is 6.04 Å². The molecule has 0 saturated carbocycles. The van der Waals surface area contributed by atoms with Crippen molar-refractivity contribution < 1.29 is 0 Å². The Morgan fingerprint density at radius 3 is 2.94 bits per heavy atom. The van der Waals surface area contributed by atoms with Crippen LogP contribution in [0.3, 0.4) is 0 Å². The highest BCUT2D eigenvalue weighted by Crippen LogP contribution is 2.20. The molecule has 2 aromatic heterocycles. The van der Waals surface area contributed by atoms with Crippen LogP contribution >= 0.6 is 0 Å². The molecule has 5 heteroatoms. The van der Waals surface area contributed by atoms with Crippen LogP contribution < -0.4 is 10.6 Å². The first-order valence-corrected chi connectivity index (χ1v) is 6.48. The van der Waals surface area contributed by atoms with Crippen molar-refractivity contribution in [2.75, 3.05) is 18.0 Å². The van der Waals surface area contributed by atoms with E-state index < -0.39 is 0 Å². The van der Waals surface area contributed by atoms with Gasteiger partial charge in [-0.05, 0) is 31.4 Å². The number of rotatable bonds is 1. The van der Waals surface area contributed by atoms with Gasteiger partial charge in [0.25, 0.3) is 0 Å². The minimum absolute atomic E-state index is 0.214. The van der Waals surface area contributed by atoms with E-state index in [0.29, 0.717) is 5.92 Å². The molecule has 0 spiro atoms. The molecule has 1 fully saturated rings. The number of aromatic nitrogens is 3. The van der Waals surface area contributed by atoms with Gasteiger partial charge in [-0.15, -0.1) is 5.10 Å². The third-order valence-electron chi connectivity index (χ3n) is 3.84. The molecule has 1 aliphatic heterocycles. The molecule has 0 aromatic carbocycles. The molecule has 18 heavy (non-hydrogen) atoms. The topological polar surface area (TPSA) is 59.5 Å². The van der Waals surface area contributed by atoms with Gasteiger partial charge in [0, 0.05) is 24.8 Å². The number of nitrogens with zero attached hydrogens (tertiary/aromatic N) is 4. The van der Waals surface area contributed by atoms with Gasteiger partial charge >= 0.3 is 0 Å². The van der Waals surface area contributed by atoms with Crippen molar-refractivity contribution in [1.82, 2.24) is 14.6 Å². The first kappa shape index (κ1) is 11.5. The smallest absolute Gasteiger partial charge is 0.245 e. The van der Waals surface area contributed by atoms with E-state index in [1.807, 2.05) is 29.6 Å². The van der Waals surface area contributed by atoms with Gasteiger partial charge in [0.2, 0.25) is 5.95 Å². The van der Waals surface area contributed by atoms with Crippen LogP contribution in [0.25, 0.3) is 5.65 Å². The highest BCUT2D eigenvalue weighted by atomic mass is 15.4. The monoisotopic (exact) mass is 245 g/mol. The van der Waals surface area contributed by atoms with Gasteiger partial charge in [0.1, 0.15) is 0 Å². The van der Waals surface area contributed by atoms with Gasteiger partial charge < -0.3 is 10.6 Å². The van der Waals surface area contributed by atoms with Crippen LogP contribution in [0.1, 0.15) is 19.0 Å². The van der Waals surface area contributed by atoms with Crippen LogP contribution in [0.5, 0.6) is 0 Å². The van der Waals surface area contributed by atoms with Crippen LogP contribution in [0.2, 0.25) is 0 Å². The standard InChI is InChI=1S/C13H19N5/c1-9-6-7-17(8-11(9)14)13-15-12-5-3-4-10(2)18(12)16-13/h3-5,9,11H,6-8,14H2,1-2H3. The number of fused-ring (bicyclic) bond motifs is 1. The van der Waals surface area contributed by atoms with Crippen LogP contribution in [0.15, 0.2) is 18.2 Å². The molecule has 1 aliphatic rings. The van der Waals surface area contributed by atoms with Crippen LogP contribution in [-0.4, -0.2) is 33.7 Å². The van der Waals surface area contributed by atoms with E-state index in [2.05, 4.69) is 21.9 Å². The summed E-state index contributed by atoms with van der Waals surface area (Å²) >= 11 is 0. The van der Waals surface area contributed by atoms with Gasteiger partial charge in [-0.2, -0.15) is 4.98 Å². The van der Waals surface area contributed by atoms with Crippen molar-refractivity contribution in [3.05, 3.63) is 23.9 Å². The third kappa shape index (κ3) is 1.84. The second-order valence-corrected chi connectivity index (χ2v) is 5.22. The van der Waals surface area contributed by atoms with Crippen LogP contribution in [-0.2, 0) is 0 Å². The number of anilines is 1. The van der Waals surface area contributed by atoms with Crippen molar-refractivity contribution in [1.29, 1.82) is 0 Å². The van der Waals surface area contributed by atoms with Crippen LogP contribution in [0, 0.1) is 12.8 Å². The van der Waals surface area contributed by atoms with Crippen molar-refractivity contribution in [2.45, 2.75) is 26.3 Å². The fraction of sp³-hybridized carbons (Fsp3) is 0.538. The van der Waals surface area contributed by atoms with E-state index in [0.717, 1.165) is 36.8 Å². The molecule has 0 aliphatic carbocycles. The highest BCUT2D eigenvalue weighted by Gasteiger charge is 2.25. The Hall–Kier alpha value is -1.62. The van der Waals surface area contributed by atoms with Gasteiger partial charge in [-0.25, -0.2) is 4.52 Å². The zero-order valence-corrected chi connectivity index (χ0v) is 10.9. The molecule has 96 valence electrons. The van der Waals surface area contributed by atoms with Crippen molar-refractivity contribution in [3.8, 4) is 0 Å². The minimum Gasteiger partial charge on any atom is -0.338 e. The Kier molecular flexibility index (Phi) is 2.70. The average molecular weight is 245 g/mol. The minimum atomic E-state index is 0.214. The fourth-order valence-corrected chi connectivity index (χ4v) is 2.44. The van der Waals surface area contributed by atoms with Crippen molar-refractivity contribution in [3.63, 3.8) is 0 Å². The number of pyridine rings is 1. The fourth-order valence-electron chi connectivity index (χ4n) is 2.44. The number of aryl methyl sites for hydroxylation is 1. The highest BCUT2D eigenvalue weighted by molar-refractivity contribution is 5.46. The number of piperidine rings is 1. The van der Waals surface area contributed by atoms with Gasteiger partial charge in [-0.3, -0.25) is 0 Å². The predicted octanol–water partition coefficient (Wildman–Crippen LogP) is 1.21. The molecule has 3 rings (SSSR count). The maximum absolute atomic E-state index is 6.13. The molecular formula is C13H19N5. The van der Waals surface area contributed by atoms with E-state index in [1.54, 1.807) is 0 Å². The first-order valence-electron chi connectivity index (χ1n) is 6.48. The zero-order chi connectivity index (χ0) is 12.7. The van der Waals surface area contributed by atoms with Gasteiger partial charge in [-0.1, -0.05) is 13.0 Å². The molecule has 2 unspecified atom stereocenters. The predicted molar refractivity (Wildman–Crippen MR) is 71.7 cm³/mol. The molecule has 2 N–H and O–H groups in total. The molecule has 0 bridgehead atoms. The average Bonchev–Trinajstić information content (AvgIpc) is 2.78. The maximum atomic E-state index is 6.13. The van der Waals surface area contributed by atoms with E-state index in [9.17, 15) is 0 Å². The number of hydrogen-bond donors (Lipinski definition) is 1. The number of nitrogens with two attached hydrogens (primary N) is 1. The Morgan fingerprint density at radius 1 is 1.39 bits per heavy atom.